The summed E-state index contributed by atoms with van der Waals surface area (Å²) in [6.45, 7) is 5.80. The Balaban J connectivity index is 2.00. The molecule has 0 saturated carbocycles. The first-order valence-electron chi connectivity index (χ1n) is 9.60. The molecule has 0 aliphatic carbocycles. The highest BCUT2D eigenvalue weighted by molar-refractivity contribution is 5.97. The summed E-state index contributed by atoms with van der Waals surface area (Å²) in [5, 5.41) is 2.74. The van der Waals surface area contributed by atoms with Gasteiger partial charge in [0.05, 0.1) is 6.61 Å². The number of amides is 2. The van der Waals surface area contributed by atoms with Crippen molar-refractivity contribution < 1.29 is 14.4 Å². The predicted molar refractivity (Wildman–Crippen MR) is 117 cm³/mol. The van der Waals surface area contributed by atoms with Crippen molar-refractivity contribution in [3.8, 4) is 23.7 Å². The quantitative estimate of drug-likeness (QED) is 0.392. The SMILES string of the molecule is CCONC(=O)[C@@H](NC(=O)c1ccc(C#CC#Cc2ccc(N)cc2)cc1)C(C)C. The van der Waals surface area contributed by atoms with Gasteiger partial charge in [-0.25, -0.2) is 5.48 Å². The molecule has 0 bridgehead atoms. The van der Waals surface area contributed by atoms with E-state index in [0.29, 0.717) is 17.9 Å². The maximum Gasteiger partial charge on any atom is 0.266 e. The van der Waals surface area contributed by atoms with Crippen molar-refractivity contribution in [2.24, 2.45) is 5.92 Å². The predicted octanol–water partition coefficient (Wildman–Crippen LogP) is 2.49. The van der Waals surface area contributed by atoms with E-state index in [9.17, 15) is 9.59 Å². The molecule has 1 atom stereocenters. The van der Waals surface area contributed by atoms with Gasteiger partial charge in [0, 0.05) is 22.4 Å². The minimum Gasteiger partial charge on any atom is -0.399 e. The topological polar surface area (TPSA) is 93.5 Å². The molecule has 0 heterocycles. The second-order valence-electron chi connectivity index (χ2n) is 6.79. The van der Waals surface area contributed by atoms with Crippen LogP contribution >= 0.6 is 0 Å². The van der Waals surface area contributed by atoms with Crippen molar-refractivity contribution in [3.05, 3.63) is 65.2 Å². The molecule has 0 fully saturated rings. The fourth-order valence-electron chi connectivity index (χ4n) is 2.44. The average molecular weight is 403 g/mol. The highest BCUT2D eigenvalue weighted by atomic mass is 16.6. The normalized spacial score (nSPS) is 10.8. The molecule has 4 N–H and O–H groups in total. The maximum absolute atomic E-state index is 12.5. The molecular weight excluding hydrogens is 378 g/mol. The number of hydrogen-bond donors (Lipinski definition) is 3. The fraction of sp³-hybridized carbons (Fsp3) is 0.250. The van der Waals surface area contributed by atoms with Gasteiger partial charge in [-0.1, -0.05) is 25.7 Å². The van der Waals surface area contributed by atoms with Gasteiger partial charge in [-0.05, 0) is 73.2 Å². The van der Waals surface area contributed by atoms with Crippen LogP contribution < -0.4 is 16.5 Å². The third kappa shape index (κ3) is 7.01. The van der Waals surface area contributed by atoms with E-state index >= 15 is 0 Å². The molecule has 0 spiro atoms. The van der Waals surface area contributed by atoms with E-state index in [-0.39, 0.29) is 17.7 Å². The van der Waals surface area contributed by atoms with E-state index in [0.717, 1.165) is 11.1 Å². The molecule has 154 valence electrons. The summed E-state index contributed by atoms with van der Waals surface area (Å²) in [7, 11) is 0. The molecule has 0 aliphatic rings. The number of carbonyl (C=O) groups excluding carboxylic acids is 2. The first kappa shape index (κ1) is 22.5. The third-order valence-electron chi connectivity index (χ3n) is 4.09. The molecule has 6 nitrogen and oxygen atoms in total. The Morgan fingerprint density at radius 3 is 2.00 bits per heavy atom. The number of nitrogens with one attached hydrogen (secondary N) is 2. The van der Waals surface area contributed by atoms with Gasteiger partial charge in [0.25, 0.3) is 11.8 Å². The van der Waals surface area contributed by atoms with E-state index < -0.39 is 6.04 Å². The van der Waals surface area contributed by atoms with Gasteiger partial charge in [-0.2, -0.15) is 0 Å². The number of anilines is 1. The molecule has 2 rings (SSSR count). The molecular formula is C24H25N3O3. The summed E-state index contributed by atoms with van der Waals surface area (Å²) >= 11 is 0. The zero-order chi connectivity index (χ0) is 21.9. The summed E-state index contributed by atoms with van der Waals surface area (Å²) in [5.41, 5.74) is 10.6. The van der Waals surface area contributed by atoms with Crippen LogP contribution in [-0.4, -0.2) is 24.5 Å². The number of nitrogens with two attached hydrogens (primary N) is 1. The Hall–Kier alpha value is -3.74. The number of hydroxylamine groups is 1. The van der Waals surface area contributed by atoms with Gasteiger partial charge in [0.15, 0.2) is 0 Å². The van der Waals surface area contributed by atoms with Gasteiger partial charge >= 0.3 is 0 Å². The summed E-state index contributed by atoms with van der Waals surface area (Å²) in [6, 6.07) is 13.3. The lowest BCUT2D eigenvalue weighted by molar-refractivity contribution is -0.136. The molecule has 0 aromatic heterocycles. The zero-order valence-corrected chi connectivity index (χ0v) is 17.3. The number of carbonyl (C=O) groups is 2. The van der Waals surface area contributed by atoms with Gasteiger partial charge < -0.3 is 11.1 Å². The number of nitrogen functional groups attached to an aromatic ring is 1. The minimum absolute atomic E-state index is 0.0980. The summed E-state index contributed by atoms with van der Waals surface area (Å²) in [4.78, 5) is 29.6. The van der Waals surface area contributed by atoms with Crippen molar-refractivity contribution >= 4 is 17.5 Å². The maximum atomic E-state index is 12.5. The lowest BCUT2D eigenvalue weighted by atomic mass is 10.0. The van der Waals surface area contributed by atoms with E-state index in [2.05, 4.69) is 34.5 Å². The number of rotatable bonds is 6. The van der Waals surface area contributed by atoms with E-state index in [4.69, 9.17) is 10.6 Å². The van der Waals surface area contributed by atoms with Crippen LogP contribution in [0, 0.1) is 29.6 Å². The van der Waals surface area contributed by atoms with Crippen LogP contribution in [0.2, 0.25) is 0 Å². The fourth-order valence-corrected chi connectivity index (χ4v) is 2.44. The van der Waals surface area contributed by atoms with Crippen molar-refractivity contribution in [2.45, 2.75) is 26.8 Å². The molecule has 0 saturated heterocycles. The average Bonchev–Trinajstić information content (AvgIpc) is 2.74. The monoisotopic (exact) mass is 403 g/mol. The second kappa shape index (κ2) is 11.3. The van der Waals surface area contributed by atoms with Gasteiger partial charge in [0.1, 0.15) is 6.04 Å². The van der Waals surface area contributed by atoms with Crippen molar-refractivity contribution in [1.29, 1.82) is 0 Å². The van der Waals surface area contributed by atoms with Crippen molar-refractivity contribution in [3.63, 3.8) is 0 Å². The van der Waals surface area contributed by atoms with Gasteiger partial charge in [-0.3, -0.25) is 14.4 Å². The van der Waals surface area contributed by atoms with Gasteiger partial charge in [-0.15, -0.1) is 0 Å². The van der Waals surface area contributed by atoms with Crippen LogP contribution in [0.1, 0.15) is 42.3 Å². The largest absolute Gasteiger partial charge is 0.399 e. The Bertz CT molecular complexity index is 988. The van der Waals surface area contributed by atoms with Gasteiger partial charge in [0.2, 0.25) is 0 Å². The van der Waals surface area contributed by atoms with E-state index in [1.165, 1.54) is 0 Å². The van der Waals surface area contributed by atoms with Crippen LogP contribution in [0.5, 0.6) is 0 Å². The van der Waals surface area contributed by atoms with Crippen LogP contribution in [0.25, 0.3) is 0 Å². The van der Waals surface area contributed by atoms with E-state index in [1.54, 1.807) is 43.3 Å². The minimum atomic E-state index is -0.702. The van der Waals surface area contributed by atoms with Crippen LogP contribution in [0.4, 0.5) is 5.69 Å². The highest BCUT2D eigenvalue weighted by Gasteiger charge is 2.24. The molecule has 0 aliphatic heterocycles. The molecule has 6 heteroatoms. The van der Waals surface area contributed by atoms with Crippen LogP contribution in [0.3, 0.4) is 0 Å². The van der Waals surface area contributed by atoms with Crippen molar-refractivity contribution in [2.75, 3.05) is 12.3 Å². The molecule has 30 heavy (non-hydrogen) atoms. The third-order valence-corrected chi connectivity index (χ3v) is 4.09. The Kier molecular flexibility index (Phi) is 8.50. The lowest BCUT2D eigenvalue weighted by Gasteiger charge is -2.21. The van der Waals surface area contributed by atoms with Crippen LogP contribution in [0.15, 0.2) is 48.5 Å². The molecule has 2 aromatic carbocycles. The zero-order valence-electron chi connectivity index (χ0n) is 17.3. The number of benzene rings is 2. The lowest BCUT2D eigenvalue weighted by Crippen LogP contribution is -2.49. The van der Waals surface area contributed by atoms with Crippen molar-refractivity contribution in [1.82, 2.24) is 10.8 Å². The number of hydrogen-bond acceptors (Lipinski definition) is 4. The first-order chi connectivity index (χ1) is 14.4. The summed E-state index contributed by atoms with van der Waals surface area (Å²) in [5.74, 6) is 10.6. The van der Waals surface area contributed by atoms with Crippen LogP contribution in [-0.2, 0) is 9.63 Å². The molecule has 0 radical (unpaired) electrons. The Morgan fingerprint density at radius 2 is 1.50 bits per heavy atom. The molecule has 2 aromatic rings. The summed E-state index contributed by atoms with van der Waals surface area (Å²) in [6.07, 6.45) is 0. The first-order valence-corrected chi connectivity index (χ1v) is 9.60. The molecule has 0 unspecified atom stereocenters. The Labute approximate surface area is 177 Å². The highest BCUT2D eigenvalue weighted by Crippen LogP contribution is 2.07. The van der Waals surface area contributed by atoms with E-state index in [1.807, 2.05) is 26.0 Å². The summed E-state index contributed by atoms with van der Waals surface area (Å²) < 4.78 is 0. The standard InChI is InChI=1S/C24H25N3O3/c1-4-30-27-24(29)22(17(2)3)26-23(28)20-13-9-18(10-14-20)7-5-6-8-19-11-15-21(25)16-12-19/h9-17,22H,4,25H2,1-3H3,(H,26,28)(H,27,29)/t22-/m0/s1. The smallest absolute Gasteiger partial charge is 0.266 e. The molecule has 2 amide bonds. The second-order valence-corrected chi connectivity index (χ2v) is 6.79. The Morgan fingerprint density at radius 1 is 0.967 bits per heavy atom.